The fourth-order valence-corrected chi connectivity index (χ4v) is 3.69. The third-order valence-electron chi connectivity index (χ3n) is 5.07. The van der Waals surface area contributed by atoms with Crippen molar-refractivity contribution < 1.29 is 31.1 Å². The lowest BCUT2D eigenvalue weighted by Crippen LogP contribution is -2.48. The molecule has 3 N–H and O–H groups in total. The standard InChI is InChI=1S/C20H14ClF6N5O/c21-9-3-11-14(24)7-30-17(16(11)29-6-9)31-10-1-2-13(23)12(4-10)19(8-22)5-15(20(25,26)27)33-18(28)32-19/h1-4,6-7,15H,5,8H2,(H2,28,32)(H,30,31). The fourth-order valence-electron chi connectivity index (χ4n) is 3.54. The molecule has 0 fully saturated rings. The van der Waals surface area contributed by atoms with Crippen LogP contribution in [0.25, 0.3) is 10.9 Å². The van der Waals surface area contributed by atoms with Crippen LogP contribution in [0.5, 0.6) is 0 Å². The van der Waals surface area contributed by atoms with E-state index in [0.29, 0.717) is 0 Å². The van der Waals surface area contributed by atoms with Crippen LogP contribution in [0.15, 0.2) is 41.7 Å². The molecule has 3 aromatic rings. The Balaban J connectivity index is 1.77. The van der Waals surface area contributed by atoms with Crippen LogP contribution in [0.1, 0.15) is 12.0 Å². The molecule has 0 amide bonds. The lowest BCUT2D eigenvalue weighted by molar-refractivity contribution is -0.209. The van der Waals surface area contributed by atoms with Gasteiger partial charge in [-0.1, -0.05) is 11.6 Å². The molecule has 4 rings (SSSR count). The second kappa shape index (κ2) is 8.25. The zero-order valence-electron chi connectivity index (χ0n) is 16.4. The molecule has 0 bridgehead atoms. The van der Waals surface area contributed by atoms with Gasteiger partial charge in [-0.15, -0.1) is 0 Å². The number of aliphatic imine (C=N–C) groups is 1. The Morgan fingerprint density at radius 3 is 2.61 bits per heavy atom. The number of alkyl halides is 4. The van der Waals surface area contributed by atoms with E-state index in [4.69, 9.17) is 17.3 Å². The Morgan fingerprint density at radius 2 is 1.91 bits per heavy atom. The third-order valence-corrected chi connectivity index (χ3v) is 5.28. The largest absolute Gasteiger partial charge is 0.452 e. The summed E-state index contributed by atoms with van der Waals surface area (Å²) >= 11 is 5.85. The predicted octanol–water partition coefficient (Wildman–Crippen LogP) is 5.14. The van der Waals surface area contributed by atoms with Crippen LogP contribution in [0.2, 0.25) is 5.02 Å². The number of anilines is 2. The second-order valence-electron chi connectivity index (χ2n) is 7.29. The topological polar surface area (TPSA) is 85.4 Å². The molecule has 1 aromatic carbocycles. The van der Waals surface area contributed by atoms with Crippen LogP contribution in [0, 0.1) is 11.6 Å². The summed E-state index contributed by atoms with van der Waals surface area (Å²) in [6.07, 6.45) is -6.20. The van der Waals surface area contributed by atoms with Gasteiger partial charge in [-0.2, -0.15) is 13.2 Å². The minimum absolute atomic E-state index is 0.0531. The number of rotatable bonds is 4. The molecule has 2 atom stereocenters. The maximum atomic E-state index is 14.7. The summed E-state index contributed by atoms with van der Waals surface area (Å²) in [5, 5.41) is 3.02. The number of amidine groups is 1. The summed E-state index contributed by atoms with van der Waals surface area (Å²) in [6.45, 7) is -1.47. The lowest BCUT2D eigenvalue weighted by Gasteiger charge is -2.36. The van der Waals surface area contributed by atoms with E-state index in [2.05, 4.69) is 25.0 Å². The van der Waals surface area contributed by atoms with Crippen LogP contribution in [-0.2, 0) is 10.3 Å². The summed E-state index contributed by atoms with van der Waals surface area (Å²) < 4.78 is 87.2. The van der Waals surface area contributed by atoms with E-state index in [1.165, 1.54) is 18.3 Å². The molecule has 1 aliphatic heterocycles. The summed E-state index contributed by atoms with van der Waals surface area (Å²) in [6, 6.07) is 3.67. The van der Waals surface area contributed by atoms with E-state index in [1.807, 2.05) is 0 Å². The van der Waals surface area contributed by atoms with E-state index in [1.54, 1.807) is 0 Å². The van der Waals surface area contributed by atoms with Crippen LogP contribution >= 0.6 is 11.6 Å². The number of ether oxygens (including phenoxy) is 1. The van der Waals surface area contributed by atoms with Crippen molar-refractivity contribution in [3.63, 3.8) is 0 Å². The highest BCUT2D eigenvalue weighted by Gasteiger charge is 2.52. The first-order valence-electron chi connectivity index (χ1n) is 9.34. The van der Waals surface area contributed by atoms with Gasteiger partial charge in [0.15, 0.2) is 17.7 Å². The monoisotopic (exact) mass is 489 g/mol. The van der Waals surface area contributed by atoms with E-state index >= 15 is 0 Å². The van der Waals surface area contributed by atoms with Crippen molar-refractivity contribution in [2.45, 2.75) is 24.2 Å². The van der Waals surface area contributed by atoms with Gasteiger partial charge in [0, 0.05) is 29.3 Å². The fraction of sp³-hybridized carbons (Fsp3) is 0.250. The number of aromatic nitrogens is 2. The number of hydrogen-bond acceptors (Lipinski definition) is 6. The van der Waals surface area contributed by atoms with Crippen molar-refractivity contribution >= 4 is 40.0 Å². The minimum atomic E-state index is -4.88. The number of pyridine rings is 2. The van der Waals surface area contributed by atoms with Gasteiger partial charge < -0.3 is 15.8 Å². The number of nitrogens with zero attached hydrogens (tertiary/aromatic N) is 3. The quantitative estimate of drug-likeness (QED) is 0.496. The second-order valence-corrected chi connectivity index (χ2v) is 7.73. The molecule has 13 heteroatoms. The van der Waals surface area contributed by atoms with Gasteiger partial charge in [0.1, 0.15) is 23.5 Å². The summed E-state index contributed by atoms with van der Waals surface area (Å²) in [7, 11) is 0. The first-order chi connectivity index (χ1) is 15.5. The minimum Gasteiger partial charge on any atom is -0.452 e. The molecular weight excluding hydrogens is 476 g/mol. The van der Waals surface area contributed by atoms with Crippen LogP contribution < -0.4 is 11.1 Å². The van der Waals surface area contributed by atoms with Crippen LogP contribution in [-0.4, -0.2) is 34.9 Å². The van der Waals surface area contributed by atoms with Crippen molar-refractivity contribution in [1.29, 1.82) is 0 Å². The average Bonchev–Trinajstić information content (AvgIpc) is 2.76. The molecule has 33 heavy (non-hydrogen) atoms. The molecule has 2 unspecified atom stereocenters. The SMILES string of the molecule is NC1=NC(CF)(c2cc(Nc3ncc(F)c4cc(Cl)cnc34)ccc2F)CC(C(F)(F)F)O1. The Bertz CT molecular complexity index is 1250. The highest BCUT2D eigenvalue weighted by atomic mass is 35.5. The molecule has 2 aromatic heterocycles. The number of halogens is 7. The van der Waals surface area contributed by atoms with Gasteiger partial charge >= 0.3 is 6.18 Å². The zero-order valence-corrected chi connectivity index (χ0v) is 17.2. The Kier molecular flexibility index (Phi) is 5.72. The first kappa shape index (κ1) is 22.9. The van der Waals surface area contributed by atoms with Gasteiger partial charge in [0.25, 0.3) is 6.02 Å². The molecule has 1 aliphatic rings. The van der Waals surface area contributed by atoms with E-state index in [-0.39, 0.29) is 27.4 Å². The molecule has 3 heterocycles. The smallest absolute Gasteiger partial charge is 0.425 e. The highest BCUT2D eigenvalue weighted by Crippen LogP contribution is 2.42. The summed E-state index contributed by atoms with van der Waals surface area (Å²) in [4.78, 5) is 11.6. The Morgan fingerprint density at radius 1 is 1.15 bits per heavy atom. The Labute approximate surface area is 187 Å². The van der Waals surface area contributed by atoms with Crippen LogP contribution in [0.3, 0.4) is 0 Å². The van der Waals surface area contributed by atoms with Gasteiger partial charge in [0.2, 0.25) is 0 Å². The maximum Gasteiger partial charge on any atom is 0.425 e. The van der Waals surface area contributed by atoms with Gasteiger partial charge in [-0.25, -0.2) is 23.1 Å². The molecule has 0 saturated heterocycles. The molecule has 6 nitrogen and oxygen atoms in total. The third kappa shape index (κ3) is 4.34. The molecular formula is C20H14ClF6N5O. The molecule has 0 aliphatic carbocycles. The number of benzene rings is 1. The molecule has 0 saturated carbocycles. The highest BCUT2D eigenvalue weighted by molar-refractivity contribution is 6.31. The number of fused-ring (bicyclic) bond motifs is 1. The average molecular weight is 490 g/mol. The molecule has 0 spiro atoms. The number of hydrogen-bond donors (Lipinski definition) is 2. The first-order valence-corrected chi connectivity index (χ1v) is 9.72. The van der Waals surface area contributed by atoms with Crippen molar-refractivity contribution in [1.82, 2.24) is 9.97 Å². The van der Waals surface area contributed by atoms with E-state index in [9.17, 15) is 26.3 Å². The van der Waals surface area contributed by atoms with E-state index < -0.39 is 54.1 Å². The number of nitrogens with one attached hydrogen (secondary N) is 1. The molecule has 0 radical (unpaired) electrons. The van der Waals surface area contributed by atoms with Crippen molar-refractivity contribution in [3.05, 3.63) is 58.9 Å². The van der Waals surface area contributed by atoms with Crippen molar-refractivity contribution in [2.24, 2.45) is 10.7 Å². The van der Waals surface area contributed by atoms with Gasteiger partial charge in [-0.3, -0.25) is 4.98 Å². The molecule has 174 valence electrons. The van der Waals surface area contributed by atoms with Crippen molar-refractivity contribution in [3.8, 4) is 0 Å². The number of nitrogens with two attached hydrogens (primary N) is 1. The normalized spacial score (nSPS) is 20.9. The van der Waals surface area contributed by atoms with Crippen LogP contribution in [0.4, 0.5) is 37.8 Å². The zero-order chi connectivity index (χ0) is 24.0. The lowest BCUT2D eigenvalue weighted by atomic mass is 9.84. The summed E-state index contributed by atoms with van der Waals surface area (Å²) in [5.41, 5.74) is 2.83. The van der Waals surface area contributed by atoms with Gasteiger partial charge in [-0.05, 0) is 24.3 Å². The van der Waals surface area contributed by atoms with E-state index in [0.717, 1.165) is 18.3 Å². The van der Waals surface area contributed by atoms with Gasteiger partial charge in [0.05, 0.1) is 11.2 Å². The van der Waals surface area contributed by atoms with Crippen molar-refractivity contribution in [2.75, 3.05) is 12.0 Å². The maximum absolute atomic E-state index is 14.7. The predicted molar refractivity (Wildman–Crippen MR) is 109 cm³/mol. The summed E-state index contributed by atoms with van der Waals surface area (Å²) in [5.74, 6) is -1.63. The Hall–Kier alpha value is -3.28.